The fraction of sp³-hybridized carbons (Fsp3) is 0.312. The summed E-state index contributed by atoms with van der Waals surface area (Å²) < 4.78 is 32.9. The number of hydrogen-bond acceptors (Lipinski definition) is 3. The smallest absolute Gasteiger partial charge is 0.190 e. The number of halogens is 2. The molecule has 2 aromatic rings. The molecule has 0 bridgehead atoms. The van der Waals surface area contributed by atoms with Crippen molar-refractivity contribution in [2.45, 2.75) is 25.8 Å². The highest BCUT2D eigenvalue weighted by Crippen LogP contribution is 2.24. The van der Waals surface area contributed by atoms with Gasteiger partial charge < -0.3 is 10.5 Å². The second-order valence-corrected chi connectivity index (χ2v) is 4.99. The molecule has 2 N–H and O–H groups in total. The van der Waals surface area contributed by atoms with Crippen molar-refractivity contribution >= 4 is 0 Å². The highest BCUT2D eigenvalue weighted by Gasteiger charge is 2.13. The Kier molecular flexibility index (Phi) is 5.22. The Labute approximate surface area is 122 Å². The van der Waals surface area contributed by atoms with E-state index in [1.165, 1.54) is 12.1 Å². The molecule has 1 heterocycles. The fourth-order valence-electron chi connectivity index (χ4n) is 2.04. The second kappa shape index (κ2) is 7.13. The number of nitrogens with zero attached hydrogens (tertiary/aromatic N) is 1. The molecule has 0 radical (unpaired) electrons. The molecule has 0 amide bonds. The van der Waals surface area contributed by atoms with Crippen LogP contribution in [0, 0.1) is 11.6 Å². The van der Waals surface area contributed by atoms with Crippen molar-refractivity contribution in [1.82, 2.24) is 4.98 Å². The van der Waals surface area contributed by atoms with Crippen LogP contribution < -0.4 is 10.5 Å². The van der Waals surface area contributed by atoms with Gasteiger partial charge in [-0.3, -0.25) is 4.98 Å². The first-order valence-electron chi connectivity index (χ1n) is 6.82. The second-order valence-electron chi connectivity index (χ2n) is 4.99. The van der Waals surface area contributed by atoms with E-state index in [4.69, 9.17) is 10.5 Å². The molecule has 1 atom stereocenters. The molecule has 0 spiro atoms. The van der Waals surface area contributed by atoms with Gasteiger partial charge in [0.15, 0.2) is 17.4 Å². The van der Waals surface area contributed by atoms with Gasteiger partial charge in [0, 0.05) is 24.4 Å². The van der Waals surface area contributed by atoms with Crippen molar-refractivity contribution in [1.29, 1.82) is 0 Å². The molecule has 0 fully saturated rings. The van der Waals surface area contributed by atoms with E-state index in [0.29, 0.717) is 18.4 Å². The van der Waals surface area contributed by atoms with Crippen LogP contribution >= 0.6 is 0 Å². The summed E-state index contributed by atoms with van der Waals surface area (Å²) in [6.45, 7) is 1.95. The normalized spacial score (nSPS) is 12.2. The van der Waals surface area contributed by atoms with Crippen molar-refractivity contribution < 1.29 is 13.5 Å². The number of hydrogen-bond donors (Lipinski definition) is 1. The van der Waals surface area contributed by atoms with Crippen LogP contribution in [0.15, 0.2) is 36.5 Å². The zero-order valence-corrected chi connectivity index (χ0v) is 11.9. The first kappa shape index (κ1) is 15.4. The van der Waals surface area contributed by atoms with Crippen LogP contribution in [-0.4, -0.2) is 17.6 Å². The van der Waals surface area contributed by atoms with Crippen molar-refractivity contribution in [3.05, 3.63) is 59.4 Å². The van der Waals surface area contributed by atoms with Crippen LogP contribution in [0.2, 0.25) is 0 Å². The first-order chi connectivity index (χ1) is 10.1. The van der Waals surface area contributed by atoms with Crippen LogP contribution in [-0.2, 0) is 12.8 Å². The van der Waals surface area contributed by atoms with Gasteiger partial charge in [-0.25, -0.2) is 8.78 Å². The lowest BCUT2D eigenvalue weighted by Gasteiger charge is -2.11. The van der Waals surface area contributed by atoms with Crippen molar-refractivity contribution in [3.8, 4) is 5.75 Å². The van der Waals surface area contributed by atoms with Gasteiger partial charge in [0.1, 0.15) is 0 Å². The Morgan fingerprint density at radius 1 is 1.24 bits per heavy atom. The molecule has 5 heteroatoms. The van der Waals surface area contributed by atoms with Crippen molar-refractivity contribution in [3.63, 3.8) is 0 Å². The molecule has 0 aliphatic rings. The highest BCUT2D eigenvalue weighted by molar-refractivity contribution is 5.31. The van der Waals surface area contributed by atoms with Gasteiger partial charge in [-0.15, -0.1) is 0 Å². The molecule has 0 aliphatic heterocycles. The average Bonchev–Trinajstić information content (AvgIpc) is 2.42. The number of nitrogens with two attached hydrogens (primary N) is 1. The third-order valence-electron chi connectivity index (χ3n) is 2.95. The third kappa shape index (κ3) is 4.49. The maximum absolute atomic E-state index is 13.9. The van der Waals surface area contributed by atoms with E-state index in [-0.39, 0.29) is 18.4 Å². The quantitative estimate of drug-likeness (QED) is 0.890. The molecule has 0 aliphatic carbocycles. The average molecular weight is 292 g/mol. The molecule has 1 aromatic heterocycles. The summed E-state index contributed by atoms with van der Waals surface area (Å²) in [5.41, 5.74) is 6.96. The number of pyridine rings is 1. The van der Waals surface area contributed by atoms with E-state index in [1.54, 1.807) is 19.2 Å². The van der Waals surface area contributed by atoms with E-state index in [9.17, 15) is 8.78 Å². The number of ether oxygens (including phenoxy) is 1. The number of benzene rings is 1. The van der Waals surface area contributed by atoms with E-state index >= 15 is 0 Å². The maximum atomic E-state index is 13.9. The minimum atomic E-state index is -0.702. The van der Waals surface area contributed by atoms with Crippen LogP contribution in [0.3, 0.4) is 0 Å². The molecule has 0 saturated carbocycles. The number of rotatable bonds is 6. The lowest BCUT2D eigenvalue weighted by molar-refractivity contribution is 0.287. The van der Waals surface area contributed by atoms with Gasteiger partial charge >= 0.3 is 0 Å². The van der Waals surface area contributed by atoms with Gasteiger partial charge in [-0.2, -0.15) is 0 Å². The summed E-state index contributed by atoms with van der Waals surface area (Å²) in [5, 5.41) is 0. The standard InChI is InChI=1S/C16H18F2N2O/c1-11(19)8-12-9-14(17)16(15(18)10-12)21-7-5-13-4-2-3-6-20-13/h2-4,6,9-11H,5,7-8,19H2,1H3. The van der Waals surface area contributed by atoms with Crippen LogP contribution in [0.4, 0.5) is 8.78 Å². The highest BCUT2D eigenvalue weighted by atomic mass is 19.1. The minimum Gasteiger partial charge on any atom is -0.487 e. The lowest BCUT2D eigenvalue weighted by Crippen LogP contribution is -2.18. The van der Waals surface area contributed by atoms with Gasteiger partial charge in [0.05, 0.1) is 6.61 Å². The zero-order valence-electron chi connectivity index (χ0n) is 11.9. The van der Waals surface area contributed by atoms with Crippen LogP contribution in [0.25, 0.3) is 0 Å². The van der Waals surface area contributed by atoms with E-state index in [1.807, 2.05) is 12.1 Å². The zero-order chi connectivity index (χ0) is 15.2. The summed E-state index contributed by atoms with van der Waals surface area (Å²) in [6.07, 6.45) is 2.57. The molecule has 3 nitrogen and oxygen atoms in total. The molecule has 0 saturated heterocycles. The largest absolute Gasteiger partial charge is 0.487 e. The molecular weight excluding hydrogens is 274 g/mol. The maximum Gasteiger partial charge on any atom is 0.190 e. The van der Waals surface area contributed by atoms with Crippen LogP contribution in [0.1, 0.15) is 18.2 Å². The van der Waals surface area contributed by atoms with E-state index < -0.39 is 11.6 Å². The summed E-state index contributed by atoms with van der Waals surface area (Å²) in [6, 6.07) is 7.87. The molecule has 112 valence electrons. The molecule has 21 heavy (non-hydrogen) atoms. The Morgan fingerprint density at radius 3 is 2.52 bits per heavy atom. The monoisotopic (exact) mass is 292 g/mol. The predicted octanol–water partition coefficient (Wildman–Crippen LogP) is 2.87. The first-order valence-corrected chi connectivity index (χ1v) is 6.82. The Morgan fingerprint density at radius 2 is 1.95 bits per heavy atom. The van der Waals surface area contributed by atoms with E-state index in [0.717, 1.165) is 5.69 Å². The van der Waals surface area contributed by atoms with Gasteiger partial charge in [0.25, 0.3) is 0 Å². The Bertz CT molecular complexity index is 565. The summed E-state index contributed by atoms with van der Waals surface area (Å²) in [5.74, 6) is -1.75. The van der Waals surface area contributed by atoms with Crippen molar-refractivity contribution in [2.75, 3.05) is 6.61 Å². The van der Waals surface area contributed by atoms with Gasteiger partial charge in [-0.1, -0.05) is 6.07 Å². The van der Waals surface area contributed by atoms with Gasteiger partial charge in [0.2, 0.25) is 0 Å². The fourth-order valence-corrected chi connectivity index (χ4v) is 2.04. The summed E-state index contributed by atoms with van der Waals surface area (Å²) >= 11 is 0. The van der Waals surface area contributed by atoms with Gasteiger partial charge in [-0.05, 0) is 43.2 Å². The third-order valence-corrected chi connectivity index (χ3v) is 2.95. The SMILES string of the molecule is CC(N)Cc1cc(F)c(OCCc2ccccn2)c(F)c1. The van der Waals surface area contributed by atoms with Crippen LogP contribution in [0.5, 0.6) is 5.75 Å². The molecule has 2 rings (SSSR count). The van der Waals surface area contributed by atoms with Crippen molar-refractivity contribution in [2.24, 2.45) is 5.73 Å². The Hall–Kier alpha value is -2.01. The molecular formula is C16H18F2N2O. The number of aromatic nitrogens is 1. The predicted molar refractivity (Wildman–Crippen MR) is 77.1 cm³/mol. The molecule has 1 aromatic carbocycles. The van der Waals surface area contributed by atoms with E-state index in [2.05, 4.69) is 4.98 Å². The summed E-state index contributed by atoms with van der Waals surface area (Å²) in [7, 11) is 0. The topological polar surface area (TPSA) is 48.1 Å². The minimum absolute atomic E-state index is 0.153. The summed E-state index contributed by atoms with van der Waals surface area (Å²) in [4.78, 5) is 4.12. The lowest BCUT2D eigenvalue weighted by atomic mass is 10.1. The Balaban J connectivity index is 2.00. The molecule has 1 unspecified atom stereocenters.